The molecule has 15 heavy (non-hydrogen) atoms. The Morgan fingerprint density at radius 2 is 2.07 bits per heavy atom. The highest BCUT2D eigenvalue weighted by Gasteiger charge is 2.19. The number of para-hydroxylation sites is 1. The van der Waals surface area contributed by atoms with Crippen molar-refractivity contribution in [3.05, 3.63) is 41.6 Å². The zero-order chi connectivity index (χ0) is 10.4. The number of aromatic nitrogens is 1. The van der Waals surface area contributed by atoms with Crippen molar-refractivity contribution in [1.82, 2.24) is 4.57 Å². The van der Waals surface area contributed by atoms with Gasteiger partial charge in [-0.05, 0) is 12.5 Å². The van der Waals surface area contributed by atoms with E-state index in [1.807, 2.05) is 0 Å². The van der Waals surface area contributed by atoms with E-state index in [-0.39, 0.29) is 0 Å². The lowest BCUT2D eigenvalue weighted by molar-refractivity contribution is 0.697. The zero-order valence-corrected chi connectivity index (χ0v) is 9.20. The molecule has 0 saturated heterocycles. The molecule has 1 heteroatoms. The molecule has 0 radical (unpaired) electrons. The van der Waals surface area contributed by atoms with Crippen LogP contribution in [0.15, 0.2) is 30.3 Å². The largest absolute Gasteiger partial charge is 0.347 e. The molecule has 1 nitrogen and oxygen atoms in total. The Hall–Kier alpha value is -1.50. The smallest absolute Gasteiger partial charge is 0.0486 e. The van der Waals surface area contributed by atoms with E-state index in [0.717, 1.165) is 6.42 Å². The predicted molar refractivity (Wildman–Crippen MR) is 65.0 cm³/mol. The number of hydrogen-bond donors (Lipinski definition) is 0. The molecule has 3 rings (SSSR count). The number of allylic oxidation sites excluding steroid dienone is 1. The van der Waals surface area contributed by atoms with Crippen LogP contribution in [0.5, 0.6) is 0 Å². The summed E-state index contributed by atoms with van der Waals surface area (Å²) in [6.45, 7) is 2.31. The molecule has 1 aliphatic rings. The lowest BCUT2D eigenvalue weighted by Gasteiger charge is -2.16. The van der Waals surface area contributed by atoms with E-state index in [9.17, 15) is 0 Å². The van der Waals surface area contributed by atoms with Crippen LogP contribution < -0.4 is 0 Å². The first-order valence-electron chi connectivity index (χ1n) is 5.53. The summed E-state index contributed by atoms with van der Waals surface area (Å²) in [7, 11) is 2.18. The first kappa shape index (κ1) is 8.78. The van der Waals surface area contributed by atoms with Crippen molar-refractivity contribution >= 4 is 17.0 Å². The molecular formula is C14H15N. The van der Waals surface area contributed by atoms with Gasteiger partial charge in [0.05, 0.1) is 0 Å². The van der Waals surface area contributed by atoms with Crippen LogP contribution in [-0.2, 0) is 7.05 Å². The van der Waals surface area contributed by atoms with Gasteiger partial charge in [0.25, 0.3) is 0 Å². The van der Waals surface area contributed by atoms with Crippen molar-refractivity contribution in [3.8, 4) is 0 Å². The van der Waals surface area contributed by atoms with Crippen LogP contribution >= 0.6 is 0 Å². The highest BCUT2D eigenvalue weighted by Crippen LogP contribution is 2.36. The standard InChI is InChI=1S/C14H15N/c1-10-6-5-8-12-11-7-3-4-9-13(11)15(2)14(10)12/h3-5,7-10H,6H2,1-2H3. The molecule has 0 aliphatic heterocycles. The van der Waals surface area contributed by atoms with Crippen molar-refractivity contribution in [2.45, 2.75) is 19.3 Å². The Morgan fingerprint density at radius 1 is 1.27 bits per heavy atom. The second kappa shape index (κ2) is 2.99. The third-order valence-corrected chi connectivity index (χ3v) is 3.43. The minimum atomic E-state index is 0.641. The SMILES string of the molecule is CC1CC=Cc2c1n(C)c1ccccc21. The first-order chi connectivity index (χ1) is 7.29. The van der Waals surface area contributed by atoms with Crippen molar-refractivity contribution in [1.29, 1.82) is 0 Å². The quantitative estimate of drug-likeness (QED) is 0.607. The third-order valence-electron chi connectivity index (χ3n) is 3.43. The zero-order valence-electron chi connectivity index (χ0n) is 9.20. The van der Waals surface area contributed by atoms with E-state index in [1.54, 1.807) is 0 Å². The van der Waals surface area contributed by atoms with Crippen LogP contribution in [0.4, 0.5) is 0 Å². The Labute approximate surface area is 90.0 Å². The molecule has 0 amide bonds. The highest BCUT2D eigenvalue weighted by atomic mass is 15.0. The maximum atomic E-state index is 2.35. The second-order valence-corrected chi connectivity index (χ2v) is 4.41. The van der Waals surface area contributed by atoms with Crippen LogP contribution in [0, 0.1) is 0 Å². The van der Waals surface area contributed by atoms with Gasteiger partial charge in [0.2, 0.25) is 0 Å². The van der Waals surface area contributed by atoms with E-state index in [1.165, 1.54) is 22.2 Å². The number of hydrogen-bond acceptors (Lipinski definition) is 0. The Kier molecular flexibility index (Phi) is 1.75. The minimum Gasteiger partial charge on any atom is -0.347 e. The Morgan fingerprint density at radius 3 is 2.93 bits per heavy atom. The van der Waals surface area contributed by atoms with Crippen LogP contribution in [0.2, 0.25) is 0 Å². The van der Waals surface area contributed by atoms with Crippen LogP contribution in [-0.4, -0.2) is 4.57 Å². The summed E-state index contributed by atoms with van der Waals surface area (Å²) < 4.78 is 2.35. The van der Waals surface area contributed by atoms with Gasteiger partial charge in [-0.1, -0.05) is 37.3 Å². The van der Waals surface area contributed by atoms with Crippen molar-refractivity contribution in [2.75, 3.05) is 0 Å². The summed E-state index contributed by atoms with van der Waals surface area (Å²) >= 11 is 0. The molecule has 1 unspecified atom stereocenters. The summed E-state index contributed by atoms with van der Waals surface area (Å²) in [6.07, 6.45) is 5.73. The molecule has 0 bridgehead atoms. The second-order valence-electron chi connectivity index (χ2n) is 4.41. The molecule has 76 valence electrons. The van der Waals surface area contributed by atoms with E-state index >= 15 is 0 Å². The molecule has 0 N–H and O–H groups in total. The average Bonchev–Trinajstić information content (AvgIpc) is 2.55. The summed E-state index contributed by atoms with van der Waals surface area (Å²) in [5, 5.41) is 1.39. The van der Waals surface area contributed by atoms with E-state index in [2.05, 4.69) is 55.0 Å². The number of fused-ring (bicyclic) bond motifs is 3. The third kappa shape index (κ3) is 1.09. The van der Waals surface area contributed by atoms with Crippen molar-refractivity contribution in [2.24, 2.45) is 7.05 Å². The lowest BCUT2D eigenvalue weighted by Crippen LogP contribution is -2.04. The molecule has 1 aliphatic carbocycles. The predicted octanol–water partition coefficient (Wildman–Crippen LogP) is 3.70. The van der Waals surface area contributed by atoms with Crippen molar-refractivity contribution < 1.29 is 0 Å². The van der Waals surface area contributed by atoms with Gasteiger partial charge >= 0.3 is 0 Å². The van der Waals surface area contributed by atoms with Gasteiger partial charge in [-0.3, -0.25) is 0 Å². The number of nitrogens with zero attached hydrogens (tertiary/aromatic N) is 1. The van der Waals surface area contributed by atoms with Gasteiger partial charge in [-0.25, -0.2) is 0 Å². The summed E-state index contributed by atoms with van der Waals surface area (Å²) in [5.74, 6) is 0.641. The number of benzene rings is 1. The summed E-state index contributed by atoms with van der Waals surface area (Å²) in [6, 6.07) is 8.66. The monoisotopic (exact) mass is 197 g/mol. The molecule has 1 atom stereocenters. The topological polar surface area (TPSA) is 4.93 Å². The van der Waals surface area contributed by atoms with Gasteiger partial charge in [0.1, 0.15) is 0 Å². The van der Waals surface area contributed by atoms with Gasteiger partial charge < -0.3 is 4.57 Å². The molecule has 1 heterocycles. The molecule has 2 aromatic rings. The Bertz CT molecular complexity index is 546. The highest BCUT2D eigenvalue weighted by molar-refractivity contribution is 5.92. The fraction of sp³-hybridized carbons (Fsp3) is 0.286. The normalized spacial score (nSPS) is 19.5. The van der Waals surface area contributed by atoms with Gasteiger partial charge in [0.15, 0.2) is 0 Å². The average molecular weight is 197 g/mol. The fourth-order valence-corrected chi connectivity index (χ4v) is 2.72. The Balaban J connectivity index is 2.46. The molecule has 0 saturated carbocycles. The van der Waals surface area contributed by atoms with Crippen molar-refractivity contribution in [3.63, 3.8) is 0 Å². The lowest BCUT2D eigenvalue weighted by atomic mass is 9.93. The van der Waals surface area contributed by atoms with Gasteiger partial charge in [-0.2, -0.15) is 0 Å². The number of rotatable bonds is 0. The van der Waals surface area contributed by atoms with E-state index in [4.69, 9.17) is 0 Å². The van der Waals surface area contributed by atoms with Gasteiger partial charge in [-0.15, -0.1) is 0 Å². The van der Waals surface area contributed by atoms with Crippen LogP contribution in [0.3, 0.4) is 0 Å². The summed E-state index contributed by atoms with van der Waals surface area (Å²) in [5.41, 5.74) is 4.26. The van der Waals surface area contributed by atoms with E-state index < -0.39 is 0 Å². The molecule has 1 aromatic carbocycles. The van der Waals surface area contributed by atoms with Crippen LogP contribution in [0.1, 0.15) is 30.5 Å². The number of aryl methyl sites for hydroxylation is 1. The summed E-state index contributed by atoms with van der Waals surface area (Å²) in [4.78, 5) is 0. The molecule has 1 aromatic heterocycles. The van der Waals surface area contributed by atoms with Crippen LogP contribution in [0.25, 0.3) is 17.0 Å². The fourth-order valence-electron chi connectivity index (χ4n) is 2.72. The molecule has 0 spiro atoms. The van der Waals surface area contributed by atoms with Gasteiger partial charge in [0, 0.05) is 35.1 Å². The first-order valence-corrected chi connectivity index (χ1v) is 5.53. The molecule has 0 fully saturated rings. The maximum absolute atomic E-state index is 2.35. The maximum Gasteiger partial charge on any atom is 0.0486 e. The minimum absolute atomic E-state index is 0.641. The molecular weight excluding hydrogens is 182 g/mol. The van der Waals surface area contributed by atoms with E-state index in [0.29, 0.717) is 5.92 Å².